The number of benzene rings is 1. The zero-order chi connectivity index (χ0) is 23.8. The van der Waals surface area contributed by atoms with Gasteiger partial charge in [-0.2, -0.15) is 0 Å². The van der Waals surface area contributed by atoms with Crippen molar-refractivity contribution in [3.63, 3.8) is 0 Å². The quantitative estimate of drug-likeness (QED) is 0.385. The molecule has 4 rings (SSSR count). The summed E-state index contributed by atoms with van der Waals surface area (Å²) < 4.78 is 5.74. The van der Waals surface area contributed by atoms with Gasteiger partial charge in [-0.25, -0.2) is 15.0 Å². The Balaban J connectivity index is 0.000000968. The molecule has 0 amide bonds. The number of pyridine rings is 1. The van der Waals surface area contributed by atoms with Crippen LogP contribution >= 0.6 is 0 Å². The highest BCUT2D eigenvalue weighted by Gasteiger charge is 2.26. The lowest BCUT2D eigenvalue weighted by Gasteiger charge is -2.20. The highest BCUT2D eigenvalue weighted by molar-refractivity contribution is 5.94. The topological polar surface area (TPSA) is 51.1 Å². The molecule has 172 valence electrons. The second kappa shape index (κ2) is 11.4. The van der Waals surface area contributed by atoms with Crippen molar-refractivity contribution in [2.45, 2.75) is 47.5 Å². The van der Waals surface area contributed by atoms with Crippen molar-refractivity contribution in [2.75, 3.05) is 18.1 Å². The van der Waals surface area contributed by atoms with Crippen molar-refractivity contribution in [1.82, 2.24) is 15.0 Å². The Morgan fingerprint density at radius 3 is 2.64 bits per heavy atom. The number of hydrogen-bond acceptors (Lipinski definition) is 5. The van der Waals surface area contributed by atoms with Gasteiger partial charge in [-0.05, 0) is 56.5 Å². The van der Waals surface area contributed by atoms with Crippen LogP contribution in [-0.2, 0) is 6.42 Å². The number of aromatic nitrogens is 3. The van der Waals surface area contributed by atoms with Gasteiger partial charge in [-0.1, -0.05) is 57.2 Å². The van der Waals surface area contributed by atoms with Gasteiger partial charge < -0.3 is 9.64 Å². The summed E-state index contributed by atoms with van der Waals surface area (Å²) in [5, 5.41) is 0.953. The number of allylic oxidation sites excluding steroid dienone is 5. The Bertz CT molecular complexity index is 1180. The molecule has 0 saturated heterocycles. The average Bonchev–Trinajstić information content (AvgIpc) is 3.22. The molecule has 0 N–H and O–H groups in total. The van der Waals surface area contributed by atoms with E-state index in [0.717, 1.165) is 46.8 Å². The molecule has 0 bridgehead atoms. The summed E-state index contributed by atoms with van der Waals surface area (Å²) in [6, 6.07) is 8.17. The van der Waals surface area contributed by atoms with E-state index in [1.165, 1.54) is 17.5 Å². The third-order valence-electron chi connectivity index (χ3n) is 5.10. The number of rotatable bonds is 6. The SMILES string of the molecule is C=C/C(=C\C=C/C)c1nc(N2CCc3cc(C)cnc32)c2cc(OCC)ccc2n1.CCC. The van der Waals surface area contributed by atoms with Crippen molar-refractivity contribution in [2.24, 2.45) is 0 Å². The third-order valence-corrected chi connectivity index (χ3v) is 5.10. The molecule has 33 heavy (non-hydrogen) atoms. The Morgan fingerprint density at radius 1 is 1.15 bits per heavy atom. The normalized spacial score (nSPS) is 13.1. The third kappa shape index (κ3) is 5.48. The van der Waals surface area contributed by atoms with E-state index in [1.54, 1.807) is 6.08 Å². The van der Waals surface area contributed by atoms with Gasteiger partial charge in [0.25, 0.3) is 0 Å². The molecule has 0 spiro atoms. The zero-order valence-electron chi connectivity index (χ0n) is 20.4. The maximum absolute atomic E-state index is 5.74. The lowest BCUT2D eigenvalue weighted by molar-refractivity contribution is 0.340. The Morgan fingerprint density at radius 2 is 1.94 bits per heavy atom. The minimum Gasteiger partial charge on any atom is -0.494 e. The molecule has 0 fully saturated rings. The van der Waals surface area contributed by atoms with E-state index in [0.29, 0.717) is 12.4 Å². The molecule has 5 nitrogen and oxygen atoms in total. The van der Waals surface area contributed by atoms with Crippen LogP contribution in [0, 0.1) is 6.92 Å². The standard InChI is InChI=1S/C25H26N4O.C3H8/c1-5-8-9-18(6-2)23-27-22-11-10-20(30-7-3)15-21(22)25(28-23)29-13-12-19-14-17(4)16-26-24(19)29;1-3-2/h5-6,8-11,14-16H,2,7,12-13H2,1,3-4H3;3H2,1-2H3/b8-5-,18-9+;. The number of hydrogen-bond donors (Lipinski definition) is 0. The van der Waals surface area contributed by atoms with Gasteiger partial charge in [-0.3, -0.25) is 0 Å². The molecule has 3 heterocycles. The van der Waals surface area contributed by atoms with E-state index < -0.39 is 0 Å². The van der Waals surface area contributed by atoms with Crippen molar-refractivity contribution >= 4 is 28.1 Å². The Labute approximate surface area is 197 Å². The fraction of sp³-hybridized carbons (Fsp3) is 0.321. The predicted molar refractivity (Wildman–Crippen MR) is 139 cm³/mol. The van der Waals surface area contributed by atoms with Crippen LogP contribution in [0.5, 0.6) is 5.75 Å². The van der Waals surface area contributed by atoms with Crippen LogP contribution in [0.2, 0.25) is 0 Å². The molecule has 0 radical (unpaired) electrons. The number of nitrogens with zero attached hydrogens (tertiary/aromatic N) is 4. The van der Waals surface area contributed by atoms with E-state index in [4.69, 9.17) is 19.7 Å². The summed E-state index contributed by atoms with van der Waals surface area (Å²) in [4.78, 5) is 16.7. The molecule has 0 saturated carbocycles. The second-order valence-corrected chi connectivity index (χ2v) is 7.94. The zero-order valence-corrected chi connectivity index (χ0v) is 20.4. The van der Waals surface area contributed by atoms with E-state index >= 15 is 0 Å². The average molecular weight is 443 g/mol. The highest BCUT2D eigenvalue weighted by atomic mass is 16.5. The summed E-state index contributed by atoms with van der Waals surface area (Å²) >= 11 is 0. The highest BCUT2D eigenvalue weighted by Crippen LogP contribution is 2.37. The fourth-order valence-electron chi connectivity index (χ4n) is 3.71. The summed E-state index contributed by atoms with van der Waals surface area (Å²) in [6.07, 6.45) is 11.8. The lowest BCUT2D eigenvalue weighted by atomic mass is 10.1. The summed E-state index contributed by atoms with van der Waals surface area (Å²) in [7, 11) is 0. The van der Waals surface area contributed by atoms with Gasteiger partial charge in [-0.15, -0.1) is 0 Å². The van der Waals surface area contributed by atoms with Crippen molar-refractivity contribution < 1.29 is 4.74 Å². The smallest absolute Gasteiger partial charge is 0.162 e. The molecule has 5 heteroatoms. The van der Waals surface area contributed by atoms with Gasteiger partial charge in [0.15, 0.2) is 5.82 Å². The monoisotopic (exact) mass is 442 g/mol. The molecule has 1 aromatic carbocycles. The first kappa shape index (κ1) is 24.2. The number of ether oxygens (including phenoxy) is 1. The van der Waals surface area contributed by atoms with E-state index in [1.807, 2.05) is 56.5 Å². The first-order chi connectivity index (χ1) is 16.1. The number of anilines is 2. The molecule has 3 aromatic rings. The van der Waals surface area contributed by atoms with Crippen LogP contribution in [0.1, 0.15) is 51.1 Å². The molecule has 0 aliphatic carbocycles. The van der Waals surface area contributed by atoms with Gasteiger partial charge >= 0.3 is 0 Å². The molecule has 0 atom stereocenters. The van der Waals surface area contributed by atoms with Gasteiger partial charge in [0.05, 0.1) is 12.1 Å². The van der Waals surface area contributed by atoms with Crippen LogP contribution in [0.25, 0.3) is 16.5 Å². The van der Waals surface area contributed by atoms with Gasteiger partial charge in [0.2, 0.25) is 0 Å². The maximum Gasteiger partial charge on any atom is 0.162 e. The van der Waals surface area contributed by atoms with E-state index in [2.05, 4.69) is 38.3 Å². The predicted octanol–water partition coefficient (Wildman–Crippen LogP) is 6.99. The van der Waals surface area contributed by atoms with Crippen LogP contribution in [0.3, 0.4) is 0 Å². The summed E-state index contributed by atoms with van der Waals surface area (Å²) in [6.45, 7) is 15.7. The van der Waals surface area contributed by atoms with Crippen LogP contribution in [0.15, 0.2) is 61.3 Å². The summed E-state index contributed by atoms with van der Waals surface area (Å²) in [5.41, 5.74) is 4.16. The van der Waals surface area contributed by atoms with Crippen molar-refractivity contribution in [3.8, 4) is 5.75 Å². The molecule has 2 aromatic heterocycles. The number of fused-ring (bicyclic) bond motifs is 2. The molecular formula is C28H34N4O. The molecular weight excluding hydrogens is 408 g/mol. The maximum atomic E-state index is 5.74. The largest absolute Gasteiger partial charge is 0.494 e. The Hall–Kier alpha value is -3.47. The van der Waals surface area contributed by atoms with Crippen LogP contribution in [-0.4, -0.2) is 28.1 Å². The van der Waals surface area contributed by atoms with Gasteiger partial charge in [0, 0.05) is 23.7 Å². The first-order valence-corrected chi connectivity index (χ1v) is 11.7. The molecule has 1 aliphatic heterocycles. The Kier molecular flexibility index (Phi) is 8.36. The van der Waals surface area contributed by atoms with Crippen molar-refractivity contribution in [3.05, 3.63) is 78.3 Å². The van der Waals surface area contributed by atoms with Gasteiger partial charge in [0.1, 0.15) is 17.4 Å². The lowest BCUT2D eigenvalue weighted by Crippen LogP contribution is -2.17. The second-order valence-electron chi connectivity index (χ2n) is 7.94. The van der Waals surface area contributed by atoms with Crippen molar-refractivity contribution in [1.29, 1.82) is 0 Å². The number of aryl methyl sites for hydroxylation is 1. The summed E-state index contributed by atoms with van der Waals surface area (Å²) in [5.74, 6) is 3.27. The van der Waals surface area contributed by atoms with E-state index in [-0.39, 0.29) is 0 Å². The molecule has 0 unspecified atom stereocenters. The van der Waals surface area contributed by atoms with Crippen LogP contribution in [0.4, 0.5) is 11.6 Å². The van der Waals surface area contributed by atoms with E-state index in [9.17, 15) is 0 Å². The molecule has 1 aliphatic rings. The first-order valence-electron chi connectivity index (χ1n) is 11.7. The minimum atomic E-state index is 0.611. The minimum absolute atomic E-state index is 0.611. The fourth-order valence-corrected chi connectivity index (χ4v) is 3.71. The van der Waals surface area contributed by atoms with Crippen LogP contribution < -0.4 is 9.64 Å².